The van der Waals surface area contributed by atoms with E-state index in [4.69, 9.17) is 27.6 Å². The summed E-state index contributed by atoms with van der Waals surface area (Å²) in [5, 5.41) is 4.08. The van der Waals surface area contributed by atoms with E-state index >= 15 is 0 Å². The van der Waals surface area contributed by atoms with Crippen molar-refractivity contribution < 1.29 is 18.8 Å². The molecule has 0 saturated carbocycles. The van der Waals surface area contributed by atoms with Gasteiger partial charge in [0.05, 0.1) is 5.39 Å². The van der Waals surface area contributed by atoms with Gasteiger partial charge in [0, 0.05) is 61.2 Å². The van der Waals surface area contributed by atoms with Crippen LogP contribution in [-0.2, 0) is 22.6 Å². The van der Waals surface area contributed by atoms with Gasteiger partial charge in [-0.05, 0) is 72.6 Å². The zero-order valence-corrected chi connectivity index (χ0v) is 26.9. The van der Waals surface area contributed by atoms with Gasteiger partial charge in [-0.2, -0.15) is 0 Å². The number of benzene rings is 3. The second kappa shape index (κ2) is 14.1. The molecule has 0 aliphatic carbocycles. The fourth-order valence-corrected chi connectivity index (χ4v) is 6.76. The maximum absolute atomic E-state index is 14.0. The first-order valence-electron chi connectivity index (χ1n) is 15.7. The summed E-state index contributed by atoms with van der Waals surface area (Å²) in [4.78, 5) is 56.4. The van der Waals surface area contributed by atoms with E-state index < -0.39 is 11.9 Å². The van der Waals surface area contributed by atoms with Crippen molar-refractivity contribution in [2.45, 2.75) is 57.0 Å². The molecule has 2 aliphatic heterocycles. The number of nitrogens with one attached hydrogen (secondary N) is 1. The lowest BCUT2D eigenvalue weighted by Crippen LogP contribution is -2.51. The van der Waals surface area contributed by atoms with Gasteiger partial charge in [-0.25, -0.2) is 0 Å². The molecule has 0 unspecified atom stereocenters. The Balaban J connectivity index is 1.18. The normalized spacial score (nSPS) is 16.4. The van der Waals surface area contributed by atoms with Crippen molar-refractivity contribution in [1.29, 1.82) is 0 Å². The number of rotatable bonds is 8. The number of carbonyl (C=O) groups is 3. The van der Waals surface area contributed by atoms with Crippen LogP contribution in [-0.4, -0.2) is 53.2 Å². The van der Waals surface area contributed by atoms with Crippen molar-refractivity contribution in [3.05, 3.63) is 116 Å². The Labute approximate surface area is 277 Å². The molecule has 0 radical (unpaired) electrons. The number of likely N-dealkylation sites (tertiary alicyclic amines) is 2. The number of nitrogens with zero attached hydrogens (tertiary/aromatic N) is 2. The smallest absolute Gasteiger partial charge is 0.287 e. The lowest BCUT2D eigenvalue weighted by molar-refractivity contribution is -0.135. The van der Waals surface area contributed by atoms with Crippen molar-refractivity contribution >= 4 is 51.9 Å². The zero-order valence-electron chi connectivity index (χ0n) is 25.3. The Bertz CT molecular complexity index is 1810. The molecule has 1 atom stereocenters. The average molecular weight is 661 g/mol. The fraction of sp³-hybridized carbons (Fsp3) is 0.333. The maximum atomic E-state index is 14.0. The second-order valence-electron chi connectivity index (χ2n) is 12.0. The number of hydrogen-bond acceptors (Lipinski definition) is 5. The van der Waals surface area contributed by atoms with E-state index in [2.05, 4.69) is 17.4 Å². The summed E-state index contributed by atoms with van der Waals surface area (Å²) >= 11 is 12.2. The van der Waals surface area contributed by atoms with Gasteiger partial charge in [0.25, 0.3) is 5.91 Å². The van der Waals surface area contributed by atoms with Gasteiger partial charge in [-0.15, -0.1) is 0 Å². The van der Waals surface area contributed by atoms with Crippen LogP contribution in [0.5, 0.6) is 0 Å². The monoisotopic (exact) mass is 659 g/mol. The summed E-state index contributed by atoms with van der Waals surface area (Å²) in [6, 6.07) is 20.3. The molecule has 2 fully saturated rings. The summed E-state index contributed by atoms with van der Waals surface area (Å²) in [7, 11) is 0. The number of halogens is 2. The third-order valence-electron chi connectivity index (χ3n) is 8.96. The van der Waals surface area contributed by atoms with Crippen LogP contribution >= 0.6 is 23.2 Å². The van der Waals surface area contributed by atoms with E-state index in [-0.39, 0.29) is 40.9 Å². The van der Waals surface area contributed by atoms with Crippen molar-refractivity contribution in [2.75, 3.05) is 19.6 Å². The number of carbonyl (C=O) groups excluding carboxylic acids is 3. The third kappa shape index (κ3) is 7.29. The average Bonchev–Trinajstić information content (AvgIpc) is 3.06. The molecule has 3 aromatic carbocycles. The summed E-state index contributed by atoms with van der Waals surface area (Å²) < 4.78 is 5.75. The molecule has 3 amide bonds. The van der Waals surface area contributed by atoms with Gasteiger partial charge >= 0.3 is 0 Å². The van der Waals surface area contributed by atoms with Gasteiger partial charge in [0.1, 0.15) is 11.6 Å². The second-order valence-corrected chi connectivity index (χ2v) is 12.9. The number of fused-ring (bicyclic) bond motifs is 1. The molecule has 0 bridgehead atoms. The van der Waals surface area contributed by atoms with Crippen LogP contribution in [0.3, 0.4) is 0 Å². The predicted molar refractivity (Wildman–Crippen MR) is 178 cm³/mol. The van der Waals surface area contributed by atoms with Crippen LogP contribution < -0.4 is 10.7 Å². The highest BCUT2D eigenvalue weighted by Crippen LogP contribution is 2.32. The Morgan fingerprint density at radius 3 is 2.39 bits per heavy atom. The van der Waals surface area contributed by atoms with Crippen LogP contribution in [0.4, 0.5) is 0 Å². The van der Waals surface area contributed by atoms with Crippen molar-refractivity contribution in [1.82, 2.24) is 15.1 Å². The molecule has 0 spiro atoms. The molecule has 6 rings (SSSR count). The van der Waals surface area contributed by atoms with E-state index in [0.717, 1.165) is 49.4 Å². The first-order valence-corrected chi connectivity index (χ1v) is 16.4. The molecule has 1 aromatic heterocycles. The topological polar surface area (TPSA) is 99.9 Å². The fourth-order valence-electron chi connectivity index (χ4n) is 6.47. The van der Waals surface area contributed by atoms with Crippen molar-refractivity contribution in [3.8, 4) is 0 Å². The first-order chi connectivity index (χ1) is 22.2. The molecule has 2 saturated heterocycles. The van der Waals surface area contributed by atoms with Gasteiger partial charge in [-0.1, -0.05) is 59.6 Å². The molecule has 1 N–H and O–H groups in total. The quantitative estimate of drug-likeness (QED) is 0.237. The number of hydrogen-bond donors (Lipinski definition) is 1. The molecular formula is C36H35Cl2N3O5. The number of piperidine rings is 2. The van der Waals surface area contributed by atoms with Crippen LogP contribution in [0.15, 0.2) is 82.0 Å². The van der Waals surface area contributed by atoms with Gasteiger partial charge in [0.15, 0.2) is 11.2 Å². The highest BCUT2D eigenvalue weighted by Gasteiger charge is 2.32. The minimum absolute atomic E-state index is 0.192. The van der Waals surface area contributed by atoms with Crippen LogP contribution in [0.1, 0.15) is 65.3 Å². The minimum Gasteiger partial charge on any atom is -0.451 e. The minimum atomic E-state index is -0.900. The third-order valence-corrected chi connectivity index (χ3v) is 9.44. The lowest BCUT2D eigenvalue weighted by atomic mass is 9.86. The Kier molecular flexibility index (Phi) is 9.75. The molecule has 46 heavy (non-hydrogen) atoms. The first kappa shape index (κ1) is 31.8. The van der Waals surface area contributed by atoms with Crippen LogP contribution in [0, 0.1) is 0 Å². The summed E-state index contributed by atoms with van der Waals surface area (Å²) in [6.45, 7) is 2.45. The van der Waals surface area contributed by atoms with Gasteiger partial charge in [0.2, 0.25) is 11.8 Å². The van der Waals surface area contributed by atoms with E-state index in [1.807, 2.05) is 29.2 Å². The number of amides is 3. The molecule has 4 aromatic rings. The Hall–Kier alpha value is -4.14. The van der Waals surface area contributed by atoms with E-state index in [1.165, 1.54) is 11.6 Å². The summed E-state index contributed by atoms with van der Waals surface area (Å²) in [5.74, 6) is -0.608. The lowest BCUT2D eigenvalue weighted by Gasteiger charge is -2.36. The highest BCUT2D eigenvalue weighted by molar-refractivity contribution is 6.31. The van der Waals surface area contributed by atoms with Crippen molar-refractivity contribution in [3.63, 3.8) is 0 Å². The largest absolute Gasteiger partial charge is 0.451 e. The Morgan fingerprint density at radius 1 is 0.891 bits per heavy atom. The van der Waals surface area contributed by atoms with E-state index in [0.29, 0.717) is 41.5 Å². The van der Waals surface area contributed by atoms with E-state index in [1.54, 1.807) is 29.2 Å². The molecular weight excluding hydrogens is 625 g/mol. The zero-order chi connectivity index (χ0) is 32.2. The van der Waals surface area contributed by atoms with Gasteiger partial charge in [-0.3, -0.25) is 19.2 Å². The maximum Gasteiger partial charge on any atom is 0.287 e. The molecule has 2 aliphatic rings. The SMILES string of the molecule is O=C(N[C@@H](Cc1ccc(Cl)cc1)C(=O)N1CCC(c2ccccc2CN2CCCCC2=O)CC1)c1cc(=O)c2ccc(Cl)cc2o1. The van der Waals surface area contributed by atoms with Crippen molar-refractivity contribution in [2.24, 2.45) is 0 Å². The van der Waals surface area contributed by atoms with Crippen LogP contribution in [0.2, 0.25) is 10.0 Å². The standard InChI is InChI=1S/C36H35Cl2N3O5/c37-26-10-8-23(9-11-26)19-30(39-35(44)33-21-31(42)29-13-12-27(38)20-32(29)46-33)36(45)40-17-14-24(15-18-40)28-6-2-1-5-25(28)22-41-16-4-3-7-34(41)43/h1-2,5-6,8-13,20-21,24,30H,3-4,7,14-19,22H2,(H,39,44)/t30-/m0/s1. The summed E-state index contributed by atoms with van der Waals surface area (Å²) in [5.41, 5.74) is 3.03. The molecule has 10 heteroatoms. The molecule has 238 valence electrons. The molecule has 3 heterocycles. The predicted octanol–water partition coefficient (Wildman–Crippen LogP) is 6.36. The van der Waals surface area contributed by atoms with Gasteiger partial charge < -0.3 is 19.5 Å². The van der Waals surface area contributed by atoms with Crippen LogP contribution in [0.25, 0.3) is 11.0 Å². The van der Waals surface area contributed by atoms with E-state index in [9.17, 15) is 19.2 Å². The summed E-state index contributed by atoms with van der Waals surface area (Å²) in [6.07, 6.45) is 4.35. The molecule has 8 nitrogen and oxygen atoms in total. The Morgan fingerprint density at radius 2 is 1.63 bits per heavy atom. The highest BCUT2D eigenvalue weighted by atomic mass is 35.5.